The van der Waals surface area contributed by atoms with Crippen LogP contribution < -0.4 is 0 Å². The van der Waals surface area contributed by atoms with Gasteiger partial charge in [-0.05, 0) is 44.4 Å². The van der Waals surface area contributed by atoms with Gasteiger partial charge in [-0.2, -0.15) is 0 Å². The normalized spacial score (nSPS) is 17.1. The van der Waals surface area contributed by atoms with Gasteiger partial charge in [-0.1, -0.05) is 26.2 Å². The third-order valence-corrected chi connectivity index (χ3v) is 5.08. The molecule has 1 aliphatic rings. The number of carboxylic acid groups (broad SMARTS) is 1. The molecule has 1 saturated carbocycles. The lowest BCUT2D eigenvalue weighted by atomic mass is 9.88. The summed E-state index contributed by atoms with van der Waals surface area (Å²) < 4.78 is 1.90. The molecule has 24 heavy (non-hydrogen) atoms. The van der Waals surface area contributed by atoms with Crippen molar-refractivity contribution in [3.8, 4) is 0 Å². The molecule has 1 aliphatic carbocycles. The van der Waals surface area contributed by atoms with Crippen molar-refractivity contribution in [2.45, 2.75) is 64.3 Å². The minimum atomic E-state index is -0.829. The molecule has 1 aromatic carbocycles. The third kappa shape index (κ3) is 2.95. The first-order chi connectivity index (χ1) is 11.5. The van der Waals surface area contributed by atoms with Crippen LogP contribution in [0.25, 0.3) is 11.0 Å². The van der Waals surface area contributed by atoms with Gasteiger partial charge in [0.05, 0.1) is 11.0 Å². The van der Waals surface area contributed by atoms with Gasteiger partial charge in [0.1, 0.15) is 11.9 Å². The van der Waals surface area contributed by atoms with Crippen LogP contribution in [0.5, 0.6) is 0 Å². The highest BCUT2D eigenvalue weighted by Crippen LogP contribution is 2.36. The molecule has 1 aromatic heterocycles. The van der Waals surface area contributed by atoms with E-state index in [1.54, 1.807) is 12.1 Å². The molecular formula is C19H24N2O3. The summed E-state index contributed by atoms with van der Waals surface area (Å²) in [6.45, 7) is 3.42. The van der Waals surface area contributed by atoms with E-state index in [9.17, 15) is 14.7 Å². The van der Waals surface area contributed by atoms with Crippen molar-refractivity contribution in [2.24, 2.45) is 0 Å². The highest BCUT2D eigenvalue weighted by molar-refractivity contribution is 5.97. The van der Waals surface area contributed by atoms with Gasteiger partial charge in [0, 0.05) is 11.5 Å². The standard InChI is InChI=1S/C19H24N2O3/c1-3-16(19(23)24)21-17-10-9-14(12(2)22)11-15(17)20-18(21)13-7-5-4-6-8-13/h9-11,13,16H,3-8H2,1-2H3,(H,23,24). The second-order valence-electron chi connectivity index (χ2n) is 6.70. The quantitative estimate of drug-likeness (QED) is 0.830. The Bertz CT molecular complexity index is 772. The van der Waals surface area contributed by atoms with Gasteiger partial charge >= 0.3 is 5.97 Å². The van der Waals surface area contributed by atoms with Crippen LogP contribution in [-0.2, 0) is 4.79 Å². The average molecular weight is 328 g/mol. The molecule has 1 atom stereocenters. The second kappa shape index (κ2) is 6.75. The van der Waals surface area contributed by atoms with Crippen LogP contribution >= 0.6 is 0 Å². The molecule has 1 N–H and O–H groups in total. The third-order valence-electron chi connectivity index (χ3n) is 5.08. The van der Waals surface area contributed by atoms with Crippen molar-refractivity contribution >= 4 is 22.8 Å². The molecule has 0 saturated heterocycles. The Morgan fingerprint density at radius 1 is 1.29 bits per heavy atom. The number of ketones is 1. The zero-order chi connectivity index (χ0) is 17.3. The zero-order valence-corrected chi connectivity index (χ0v) is 14.3. The second-order valence-corrected chi connectivity index (χ2v) is 6.70. The number of carbonyl (C=O) groups excluding carboxylic acids is 1. The summed E-state index contributed by atoms with van der Waals surface area (Å²) in [6.07, 6.45) is 6.18. The van der Waals surface area contributed by atoms with Crippen molar-refractivity contribution < 1.29 is 14.7 Å². The Kier molecular flexibility index (Phi) is 4.69. The summed E-state index contributed by atoms with van der Waals surface area (Å²) in [7, 11) is 0. The largest absolute Gasteiger partial charge is 0.480 e. The SMILES string of the molecule is CCC(C(=O)O)n1c(C2CCCCC2)nc2cc(C(C)=O)ccc21. The summed E-state index contributed by atoms with van der Waals surface area (Å²) in [6, 6.07) is 4.78. The average Bonchev–Trinajstić information content (AvgIpc) is 2.94. The molecular weight excluding hydrogens is 304 g/mol. The molecule has 0 radical (unpaired) electrons. The molecule has 5 nitrogen and oxygen atoms in total. The molecule has 1 heterocycles. The van der Waals surface area contributed by atoms with Crippen LogP contribution in [0, 0.1) is 0 Å². The van der Waals surface area contributed by atoms with Gasteiger partial charge in [0.2, 0.25) is 0 Å². The van der Waals surface area contributed by atoms with Crippen molar-refractivity contribution in [1.82, 2.24) is 9.55 Å². The lowest BCUT2D eigenvalue weighted by Gasteiger charge is -2.24. The van der Waals surface area contributed by atoms with Gasteiger partial charge in [-0.3, -0.25) is 4.79 Å². The van der Waals surface area contributed by atoms with E-state index >= 15 is 0 Å². The van der Waals surface area contributed by atoms with Gasteiger partial charge in [-0.25, -0.2) is 9.78 Å². The Labute approximate surface area is 141 Å². The Balaban J connectivity index is 2.19. The first kappa shape index (κ1) is 16.7. The van der Waals surface area contributed by atoms with Crippen molar-refractivity contribution in [3.63, 3.8) is 0 Å². The number of hydrogen-bond donors (Lipinski definition) is 1. The van der Waals surface area contributed by atoms with Gasteiger partial charge in [-0.15, -0.1) is 0 Å². The first-order valence-electron chi connectivity index (χ1n) is 8.78. The maximum absolute atomic E-state index is 11.8. The number of Topliss-reactive ketones (excluding diaryl/α,β-unsaturated/α-hetero) is 1. The van der Waals surface area contributed by atoms with E-state index in [4.69, 9.17) is 4.98 Å². The lowest BCUT2D eigenvalue weighted by Crippen LogP contribution is -2.22. The number of nitrogens with zero attached hydrogens (tertiary/aromatic N) is 2. The Morgan fingerprint density at radius 2 is 2.00 bits per heavy atom. The lowest BCUT2D eigenvalue weighted by molar-refractivity contribution is -0.141. The van der Waals surface area contributed by atoms with Crippen LogP contribution in [0.15, 0.2) is 18.2 Å². The van der Waals surface area contributed by atoms with Gasteiger partial charge in [0.15, 0.2) is 5.78 Å². The molecule has 128 valence electrons. The molecule has 0 amide bonds. The predicted molar refractivity (Wildman–Crippen MR) is 92.5 cm³/mol. The van der Waals surface area contributed by atoms with Crippen LogP contribution in [0.4, 0.5) is 0 Å². The minimum Gasteiger partial charge on any atom is -0.480 e. The Morgan fingerprint density at radius 3 is 2.58 bits per heavy atom. The summed E-state index contributed by atoms with van der Waals surface area (Å²) in [5.41, 5.74) is 2.16. The van der Waals surface area contributed by atoms with E-state index in [0.29, 0.717) is 17.9 Å². The maximum Gasteiger partial charge on any atom is 0.326 e. The molecule has 0 aliphatic heterocycles. The smallest absolute Gasteiger partial charge is 0.326 e. The van der Waals surface area contributed by atoms with E-state index in [1.807, 2.05) is 17.6 Å². The molecule has 1 unspecified atom stereocenters. The van der Waals surface area contributed by atoms with E-state index in [0.717, 1.165) is 42.5 Å². The predicted octanol–water partition coefficient (Wildman–Crippen LogP) is 4.32. The summed E-state index contributed by atoms with van der Waals surface area (Å²) in [5.74, 6) is 0.348. The molecule has 1 fully saturated rings. The number of hydrogen-bond acceptors (Lipinski definition) is 3. The van der Waals surface area contributed by atoms with Gasteiger partial charge < -0.3 is 9.67 Å². The highest BCUT2D eigenvalue weighted by atomic mass is 16.4. The van der Waals surface area contributed by atoms with Crippen molar-refractivity contribution in [1.29, 1.82) is 0 Å². The van der Waals surface area contributed by atoms with Crippen LogP contribution in [-0.4, -0.2) is 26.4 Å². The first-order valence-corrected chi connectivity index (χ1v) is 8.78. The summed E-state index contributed by atoms with van der Waals surface area (Å²) in [4.78, 5) is 28.2. The molecule has 0 spiro atoms. The fraction of sp³-hybridized carbons (Fsp3) is 0.526. The summed E-state index contributed by atoms with van der Waals surface area (Å²) in [5, 5.41) is 9.67. The highest BCUT2D eigenvalue weighted by Gasteiger charge is 2.28. The molecule has 5 heteroatoms. The number of aliphatic carboxylic acids is 1. The van der Waals surface area contributed by atoms with Gasteiger partial charge in [0.25, 0.3) is 0 Å². The number of rotatable bonds is 5. The fourth-order valence-electron chi connectivity index (χ4n) is 3.78. The number of benzene rings is 1. The monoisotopic (exact) mass is 328 g/mol. The number of carboxylic acids is 1. The zero-order valence-electron chi connectivity index (χ0n) is 14.3. The van der Waals surface area contributed by atoms with E-state index in [1.165, 1.54) is 13.3 Å². The number of aromatic nitrogens is 2. The van der Waals surface area contributed by atoms with E-state index < -0.39 is 12.0 Å². The van der Waals surface area contributed by atoms with Crippen molar-refractivity contribution in [3.05, 3.63) is 29.6 Å². The topological polar surface area (TPSA) is 72.2 Å². The fourth-order valence-corrected chi connectivity index (χ4v) is 3.78. The number of imidazole rings is 1. The van der Waals surface area contributed by atoms with Crippen LogP contribution in [0.1, 0.15) is 80.5 Å². The van der Waals surface area contributed by atoms with E-state index in [-0.39, 0.29) is 5.78 Å². The molecule has 0 bridgehead atoms. The Hall–Kier alpha value is -2.17. The molecule has 3 rings (SSSR count). The van der Waals surface area contributed by atoms with Crippen LogP contribution in [0.3, 0.4) is 0 Å². The minimum absolute atomic E-state index is 0.00376. The van der Waals surface area contributed by atoms with E-state index in [2.05, 4.69) is 0 Å². The number of carbonyl (C=O) groups is 2. The summed E-state index contributed by atoms with van der Waals surface area (Å²) >= 11 is 0. The van der Waals surface area contributed by atoms with Crippen LogP contribution in [0.2, 0.25) is 0 Å². The number of fused-ring (bicyclic) bond motifs is 1. The van der Waals surface area contributed by atoms with Crippen molar-refractivity contribution in [2.75, 3.05) is 0 Å². The maximum atomic E-state index is 11.8. The molecule has 2 aromatic rings.